The molecule has 3 rings (SSSR count). The van der Waals surface area contributed by atoms with Crippen molar-refractivity contribution in [2.24, 2.45) is 0 Å². The van der Waals surface area contributed by atoms with Gasteiger partial charge >= 0.3 is 15.0 Å². The van der Waals surface area contributed by atoms with Crippen LogP contribution in [0.5, 0.6) is 0 Å². The molecule has 0 heterocycles. The van der Waals surface area contributed by atoms with Crippen LogP contribution in [0.3, 0.4) is 0 Å². The molecule has 0 saturated carbocycles. The van der Waals surface area contributed by atoms with Gasteiger partial charge < -0.3 is 10.0 Å². The van der Waals surface area contributed by atoms with Gasteiger partial charge in [-0.1, -0.05) is 138 Å². The van der Waals surface area contributed by atoms with E-state index in [0.29, 0.717) is 0 Å². The molecule has 0 amide bonds. The van der Waals surface area contributed by atoms with Crippen LogP contribution in [-0.2, 0) is 5.41 Å². The van der Waals surface area contributed by atoms with Gasteiger partial charge in [0.15, 0.2) is 0 Å². The molecule has 4 heteroatoms. The van der Waals surface area contributed by atoms with E-state index in [1.165, 1.54) is 99.3 Å². The van der Waals surface area contributed by atoms with Gasteiger partial charge in [-0.3, -0.25) is 0 Å². The average Bonchev–Trinajstić information content (AvgIpc) is 3.12. The van der Waals surface area contributed by atoms with Crippen molar-refractivity contribution in [2.75, 3.05) is 0 Å². The largest absolute Gasteiger partial charge is 0.449 e. The van der Waals surface area contributed by atoms with Gasteiger partial charge in [0.1, 0.15) is 0 Å². The predicted octanol–water partition coefficient (Wildman–Crippen LogP) is 5.39. The molecule has 33 heavy (non-hydrogen) atoms. The van der Waals surface area contributed by atoms with Crippen LogP contribution in [0.25, 0.3) is 11.1 Å². The molecule has 0 saturated heterocycles. The van der Waals surface area contributed by atoms with Crippen molar-refractivity contribution in [3.63, 3.8) is 0 Å². The summed E-state index contributed by atoms with van der Waals surface area (Å²) in [6.45, 7) is 4.55. The molecule has 2 aromatic carbocycles. The molecule has 1 aliphatic carbocycles. The lowest BCUT2D eigenvalue weighted by Gasteiger charge is -2.33. The molecule has 0 atom stereocenters. The lowest BCUT2D eigenvalue weighted by Crippen LogP contribution is -2.29. The van der Waals surface area contributed by atoms with Crippen LogP contribution in [-0.4, -0.2) is 25.0 Å². The number of fused-ring (bicyclic) bond motifs is 3. The van der Waals surface area contributed by atoms with Crippen molar-refractivity contribution >= 4 is 25.9 Å². The Labute approximate surface area is 203 Å². The quantitative estimate of drug-likeness (QED) is 0.268. The first-order valence-corrected chi connectivity index (χ1v) is 13.7. The zero-order chi connectivity index (χ0) is 23.5. The summed E-state index contributed by atoms with van der Waals surface area (Å²) in [5.74, 6) is 0. The molecule has 0 spiro atoms. The van der Waals surface area contributed by atoms with E-state index in [2.05, 4.69) is 50.2 Å². The summed E-state index contributed by atoms with van der Waals surface area (Å²) in [6, 6.07) is 13.2. The third-order valence-electron chi connectivity index (χ3n) is 7.77. The Hall–Kier alpha value is -1.51. The Bertz CT molecular complexity index is 793. The fourth-order valence-electron chi connectivity index (χ4n) is 5.86. The molecule has 0 aromatic heterocycles. The van der Waals surface area contributed by atoms with Gasteiger partial charge in [-0.25, -0.2) is 0 Å². The van der Waals surface area contributed by atoms with Crippen LogP contribution < -0.4 is 10.9 Å². The van der Waals surface area contributed by atoms with Crippen LogP contribution in [0.4, 0.5) is 0 Å². The Morgan fingerprint density at radius 3 is 1.36 bits per heavy atom. The second-order valence-electron chi connectivity index (χ2n) is 10.2. The van der Waals surface area contributed by atoms with Gasteiger partial charge in [-0.15, -0.1) is 0 Å². The zero-order valence-corrected chi connectivity index (χ0v) is 21.2. The highest BCUT2D eigenvalue weighted by Gasteiger charge is 2.42. The fourth-order valence-corrected chi connectivity index (χ4v) is 5.86. The van der Waals surface area contributed by atoms with E-state index in [0.717, 1.165) is 23.8 Å². The van der Waals surface area contributed by atoms with E-state index >= 15 is 0 Å². The van der Waals surface area contributed by atoms with E-state index in [4.69, 9.17) is 0 Å². The Kier molecular flexibility index (Phi) is 10.6. The summed E-state index contributed by atoms with van der Waals surface area (Å²) in [7, 11) is 0.186. The van der Waals surface area contributed by atoms with Crippen molar-refractivity contribution in [1.82, 2.24) is 0 Å². The maximum absolute atomic E-state index is 9.90. The van der Waals surface area contributed by atoms with Crippen LogP contribution in [0.1, 0.15) is 115 Å². The summed E-state index contributed by atoms with van der Waals surface area (Å²) in [6.07, 6.45) is 18.0. The normalized spacial score (nSPS) is 13.6. The minimum Gasteiger partial charge on any atom is -0.449 e. The average molecular weight is 446 g/mol. The zero-order valence-electron chi connectivity index (χ0n) is 21.2. The molecule has 2 N–H and O–H groups in total. The number of rotatable bonds is 16. The molecular formula is C29H44B2O2. The molecule has 178 valence electrons. The Balaban J connectivity index is 1.91. The highest BCUT2D eigenvalue weighted by molar-refractivity contribution is 6.46. The number of benzene rings is 2. The molecule has 2 nitrogen and oxygen atoms in total. The van der Waals surface area contributed by atoms with Crippen LogP contribution in [0.15, 0.2) is 36.4 Å². The topological polar surface area (TPSA) is 40.5 Å². The van der Waals surface area contributed by atoms with Crippen molar-refractivity contribution in [3.8, 4) is 11.1 Å². The van der Waals surface area contributed by atoms with Gasteiger partial charge in [0.25, 0.3) is 0 Å². The second-order valence-corrected chi connectivity index (χ2v) is 10.2. The Morgan fingerprint density at radius 1 is 0.576 bits per heavy atom. The van der Waals surface area contributed by atoms with Gasteiger partial charge in [0.05, 0.1) is 0 Å². The Morgan fingerprint density at radius 2 is 0.970 bits per heavy atom. The van der Waals surface area contributed by atoms with Gasteiger partial charge in [-0.05, 0) is 35.1 Å². The lowest BCUT2D eigenvalue weighted by atomic mass is 9.68. The third-order valence-corrected chi connectivity index (χ3v) is 7.77. The predicted molar refractivity (Wildman–Crippen MR) is 147 cm³/mol. The minimum absolute atomic E-state index is 0.0105. The van der Waals surface area contributed by atoms with Crippen molar-refractivity contribution in [3.05, 3.63) is 47.5 Å². The monoisotopic (exact) mass is 446 g/mol. The van der Waals surface area contributed by atoms with Crippen LogP contribution in [0, 0.1) is 0 Å². The number of hydrogen-bond donors (Lipinski definition) is 2. The molecule has 0 fully saturated rings. The van der Waals surface area contributed by atoms with Crippen LogP contribution >= 0.6 is 0 Å². The fraction of sp³-hybridized carbons (Fsp3) is 0.586. The first-order chi connectivity index (χ1) is 16.2. The molecule has 0 bridgehead atoms. The number of hydrogen-bond acceptors (Lipinski definition) is 2. The SMILES string of the molecule is CCCCCCCCC1(CCCCCCCC)c2cc(BO)ccc2-c2ccc(BO)cc21. The van der Waals surface area contributed by atoms with Gasteiger partial charge in [0.2, 0.25) is 0 Å². The maximum Gasteiger partial charge on any atom is 0.304 e. The molecule has 0 radical (unpaired) electrons. The number of unbranched alkanes of at least 4 members (excludes halogenated alkanes) is 10. The lowest BCUT2D eigenvalue weighted by molar-refractivity contribution is 0.398. The standard InChI is InChI=1S/C29H44B2O2/c1-3-5-7-9-11-13-19-29(20-14-12-10-8-6-4-2)27-21-23(30-32)15-17-25(27)26-18-16-24(31-33)22-28(26)29/h15-18,21-22,30-33H,3-14,19-20H2,1-2H3. The summed E-state index contributed by atoms with van der Waals surface area (Å²) < 4.78 is 0. The molecule has 0 aliphatic heterocycles. The highest BCUT2D eigenvalue weighted by Crippen LogP contribution is 2.53. The van der Waals surface area contributed by atoms with Crippen LogP contribution in [0.2, 0.25) is 0 Å². The summed E-state index contributed by atoms with van der Waals surface area (Å²) >= 11 is 0. The summed E-state index contributed by atoms with van der Waals surface area (Å²) in [5.41, 5.74) is 7.55. The molecular weight excluding hydrogens is 402 g/mol. The maximum atomic E-state index is 9.90. The smallest absolute Gasteiger partial charge is 0.304 e. The molecule has 1 aliphatic rings. The van der Waals surface area contributed by atoms with Crippen molar-refractivity contribution in [1.29, 1.82) is 0 Å². The third kappa shape index (κ3) is 6.34. The van der Waals surface area contributed by atoms with Gasteiger partial charge in [0, 0.05) is 5.41 Å². The van der Waals surface area contributed by atoms with Crippen molar-refractivity contribution in [2.45, 2.75) is 109 Å². The van der Waals surface area contributed by atoms with E-state index in [9.17, 15) is 10.0 Å². The molecule has 0 unspecified atom stereocenters. The first-order valence-electron chi connectivity index (χ1n) is 13.7. The first kappa shape index (κ1) is 26.1. The second kappa shape index (κ2) is 13.4. The summed E-state index contributed by atoms with van der Waals surface area (Å²) in [4.78, 5) is 0. The molecule has 2 aromatic rings. The van der Waals surface area contributed by atoms with Crippen molar-refractivity contribution < 1.29 is 10.0 Å². The van der Waals surface area contributed by atoms with E-state index in [-0.39, 0.29) is 20.4 Å². The van der Waals surface area contributed by atoms with E-state index < -0.39 is 0 Å². The van der Waals surface area contributed by atoms with Gasteiger partial charge in [-0.2, -0.15) is 0 Å². The minimum atomic E-state index is 0.0105. The van der Waals surface area contributed by atoms with E-state index in [1.807, 2.05) is 0 Å². The van der Waals surface area contributed by atoms with E-state index in [1.54, 1.807) is 0 Å². The highest BCUT2D eigenvalue weighted by atomic mass is 16.2. The summed E-state index contributed by atoms with van der Waals surface area (Å²) in [5, 5.41) is 19.8.